The molecule has 84 valence electrons. The van der Waals surface area contributed by atoms with Crippen molar-refractivity contribution in [2.24, 2.45) is 0 Å². The molecule has 0 aromatic heterocycles. The third-order valence-corrected chi connectivity index (χ3v) is 3.40. The van der Waals surface area contributed by atoms with Crippen LogP contribution in [0, 0.1) is 14.9 Å². The molecule has 0 spiro atoms. The first-order chi connectivity index (χ1) is 7.52. The summed E-state index contributed by atoms with van der Waals surface area (Å²) in [5.41, 5.74) is -0.186. The predicted octanol–water partition coefficient (Wildman–Crippen LogP) is 2.71. The number of carbonyl (C=O) groups is 1. The fourth-order valence-corrected chi connectivity index (χ4v) is 1.79. The highest BCUT2D eigenvalue weighted by atomic mass is 127. The van der Waals surface area contributed by atoms with Gasteiger partial charge in [0.05, 0.1) is 11.6 Å². The summed E-state index contributed by atoms with van der Waals surface area (Å²) in [5.74, 6) is -0.198. The van der Waals surface area contributed by atoms with Gasteiger partial charge < -0.3 is 5.32 Å². The highest BCUT2D eigenvalue weighted by molar-refractivity contribution is 14.1. The van der Waals surface area contributed by atoms with Crippen LogP contribution in [-0.2, 0) is 0 Å². The van der Waals surface area contributed by atoms with E-state index in [0.717, 1.165) is 3.57 Å². The Labute approximate surface area is 109 Å². The average Bonchev–Trinajstić information content (AvgIpc) is 2.29. The van der Waals surface area contributed by atoms with Crippen LogP contribution in [0.3, 0.4) is 0 Å². The first kappa shape index (κ1) is 13.0. The lowest BCUT2D eigenvalue weighted by Gasteiger charge is -2.21. The molecule has 0 radical (unpaired) electrons. The zero-order valence-electron chi connectivity index (χ0n) is 9.25. The minimum atomic E-state index is -0.796. The lowest BCUT2D eigenvalue weighted by molar-refractivity contribution is 0.0922. The van der Waals surface area contributed by atoms with Gasteiger partial charge in [0.1, 0.15) is 5.54 Å². The number of carbonyl (C=O) groups excluding carboxylic acids is 1. The summed E-state index contributed by atoms with van der Waals surface area (Å²) in [6.07, 6.45) is 0.582. The molecule has 0 saturated heterocycles. The van der Waals surface area contributed by atoms with E-state index >= 15 is 0 Å². The SMILES string of the molecule is CCC(C)(C#N)NC(=O)c1ccccc1I. The Bertz CT molecular complexity index is 439. The van der Waals surface area contributed by atoms with Gasteiger partial charge in [0.15, 0.2) is 0 Å². The molecule has 1 unspecified atom stereocenters. The van der Waals surface area contributed by atoms with Gasteiger partial charge >= 0.3 is 0 Å². The fourth-order valence-electron chi connectivity index (χ4n) is 1.16. The number of rotatable bonds is 3. The quantitative estimate of drug-likeness (QED) is 0.868. The molecule has 0 aliphatic rings. The number of halogens is 1. The molecule has 1 rings (SSSR count). The Morgan fingerprint density at radius 2 is 2.19 bits per heavy atom. The maximum absolute atomic E-state index is 11.9. The summed E-state index contributed by atoms with van der Waals surface area (Å²) < 4.78 is 0.883. The van der Waals surface area contributed by atoms with Crippen LogP contribution >= 0.6 is 22.6 Å². The second kappa shape index (κ2) is 5.30. The third-order valence-electron chi connectivity index (χ3n) is 2.46. The first-order valence-corrected chi connectivity index (χ1v) is 6.08. The molecule has 1 aromatic carbocycles. The molecule has 1 N–H and O–H groups in total. The summed E-state index contributed by atoms with van der Waals surface area (Å²) in [6.45, 7) is 3.60. The van der Waals surface area contributed by atoms with Crippen LogP contribution < -0.4 is 5.32 Å². The topological polar surface area (TPSA) is 52.9 Å². The molecular formula is C12H13IN2O. The monoisotopic (exact) mass is 328 g/mol. The van der Waals surface area contributed by atoms with E-state index in [1.165, 1.54) is 0 Å². The molecule has 0 aliphatic carbocycles. The van der Waals surface area contributed by atoms with Gasteiger partial charge in [-0.15, -0.1) is 0 Å². The molecule has 0 aliphatic heterocycles. The largest absolute Gasteiger partial charge is 0.334 e. The van der Waals surface area contributed by atoms with Gasteiger partial charge in [-0.1, -0.05) is 19.1 Å². The Morgan fingerprint density at radius 1 is 1.56 bits per heavy atom. The van der Waals surface area contributed by atoms with E-state index in [1.54, 1.807) is 13.0 Å². The van der Waals surface area contributed by atoms with Crippen molar-refractivity contribution in [2.75, 3.05) is 0 Å². The molecule has 4 heteroatoms. The molecule has 0 bridgehead atoms. The van der Waals surface area contributed by atoms with Crippen LogP contribution in [-0.4, -0.2) is 11.4 Å². The normalized spacial score (nSPS) is 13.6. The van der Waals surface area contributed by atoms with E-state index in [9.17, 15) is 4.79 Å². The van der Waals surface area contributed by atoms with Crippen LogP contribution in [0.15, 0.2) is 24.3 Å². The van der Waals surface area contributed by atoms with E-state index in [4.69, 9.17) is 5.26 Å². The van der Waals surface area contributed by atoms with E-state index in [-0.39, 0.29) is 5.91 Å². The highest BCUT2D eigenvalue weighted by Gasteiger charge is 2.24. The van der Waals surface area contributed by atoms with Crippen LogP contribution in [0.1, 0.15) is 30.6 Å². The molecule has 0 heterocycles. The number of nitriles is 1. The summed E-state index contributed by atoms with van der Waals surface area (Å²) >= 11 is 2.11. The first-order valence-electron chi connectivity index (χ1n) is 5.00. The second-order valence-electron chi connectivity index (χ2n) is 3.73. The van der Waals surface area contributed by atoms with Gasteiger partial charge in [-0.05, 0) is 48.1 Å². The fraction of sp³-hybridized carbons (Fsp3) is 0.333. The minimum absolute atomic E-state index is 0.198. The Morgan fingerprint density at radius 3 is 2.69 bits per heavy atom. The van der Waals surface area contributed by atoms with Crippen LogP contribution in [0.5, 0.6) is 0 Å². The Balaban J connectivity index is 2.90. The maximum Gasteiger partial charge on any atom is 0.253 e. The van der Waals surface area contributed by atoms with Gasteiger partial charge in [0.2, 0.25) is 0 Å². The number of hydrogen-bond donors (Lipinski definition) is 1. The van der Waals surface area contributed by atoms with Gasteiger partial charge in [0, 0.05) is 3.57 Å². The van der Waals surface area contributed by atoms with Gasteiger partial charge in [-0.25, -0.2) is 0 Å². The Hall–Kier alpha value is -1.09. The zero-order valence-corrected chi connectivity index (χ0v) is 11.4. The molecule has 0 saturated carbocycles. The molecule has 0 fully saturated rings. The molecule has 16 heavy (non-hydrogen) atoms. The predicted molar refractivity (Wildman–Crippen MR) is 70.9 cm³/mol. The van der Waals surface area contributed by atoms with E-state index in [0.29, 0.717) is 12.0 Å². The van der Waals surface area contributed by atoms with Crippen LogP contribution in [0.4, 0.5) is 0 Å². The van der Waals surface area contributed by atoms with Crippen molar-refractivity contribution < 1.29 is 4.79 Å². The zero-order chi connectivity index (χ0) is 12.2. The van der Waals surface area contributed by atoms with Crippen LogP contribution in [0.2, 0.25) is 0 Å². The lowest BCUT2D eigenvalue weighted by atomic mass is 10.0. The van der Waals surface area contributed by atoms with Crippen molar-refractivity contribution >= 4 is 28.5 Å². The second-order valence-corrected chi connectivity index (χ2v) is 4.89. The molecule has 1 aromatic rings. The standard InChI is InChI=1S/C12H13IN2O/c1-3-12(2,8-14)15-11(16)9-6-4-5-7-10(9)13/h4-7H,3H2,1-2H3,(H,15,16). The minimum Gasteiger partial charge on any atom is -0.334 e. The third kappa shape index (κ3) is 2.95. The van der Waals surface area contributed by atoms with E-state index in [1.807, 2.05) is 25.1 Å². The van der Waals surface area contributed by atoms with Crippen LogP contribution in [0.25, 0.3) is 0 Å². The number of amides is 1. The summed E-state index contributed by atoms with van der Waals surface area (Å²) in [7, 11) is 0. The van der Waals surface area contributed by atoms with Crippen molar-refractivity contribution in [3.8, 4) is 6.07 Å². The van der Waals surface area contributed by atoms with Gasteiger partial charge in [-0.2, -0.15) is 5.26 Å². The van der Waals surface area contributed by atoms with E-state index < -0.39 is 5.54 Å². The number of nitrogens with one attached hydrogen (secondary N) is 1. The smallest absolute Gasteiger partial charge is 0.253 e. The van der Waals surface area contributed by atoms with E-state index in [2.05, 4.69) is 34.0 Å². The number of nitrogens with zero attached hydrogens (tertiary/aromatic N) is 1. The van der Waals surface area contributed by atoms with Crippen molar-refractivity contribution in [1.82, 2.24) is 5.32 Å². The van der Waals surface area contributed by atoms with Gasteiger partial charge in [0.25, 0.3) is 5.91 Å². The van der Waals surface area contributed by atoms with Gasteiger partial charge in [-0.3, -0.25) is 4.79 Å². The molecule has 3 nitrogen and oxygen atoms in total. The Kier molecular flexibility index (Phi) is 4.30. The van der Waals surface area contributed by atoms with Crippen molar-refractivity contribution in [3.05, 3.63) is 33.4 Å². The number of benzene rings is 1. The molecule has 1 amide bonds. The maximum atomic E-state index is 11.9. The lowest BCUT2D eigenvalue weighted by Crippen LogP contribution is -2.44. The summed E-state index contributed by atoms with van der Waals surface area (Å²) in [5, 5.41) is 11.7. The van der Waals surface area contributed by atoms with Crippen molar-refractivity contribution in [2.45, 2.75) is 25.8 Å². The number of hydrogen-bond acceptors (Lipinski definition) is 2. The average molecular weight is 328 g/mol. The van der Waals surface area contributed by atoms with Crippen molar-refractivity contribution in [3.63, 3.8) is 0 Å². The molecular weight excluding hydrogens is 315 g/mol. The molecule has 1 atom stereocenters. The van der Waals surface area contributed by atoms with Crippen molar-refractivity contribution in [1.29, 1.82) is 5.26 Å². The highest BCUT2D eigenvalue weighted by Crippen LogP contribution is 2.14. The summed E-state index contributed by atoms with van der Waals surface area (Å²) in [4.78, 5) is 11.9. The summed E-state index contributed by atoms with van der Waals surface area (Å²) in [6, 6.07) is 9.42.